The Labute approximate surface area is 141 Å². The number of hydrogen-bond donors (Lipinski definition) is 2. The highest BCUT2D eigenvalue weighted by Crippen LogP contribution is 2.07. The van der Waals surface area contributed by atoms with E-state index in [1.807, 2.05) is 30.3 Å². The van der Waals surface area contributed by atoms with E-state index in [0.717, 1.165) is 11.1 Å². The van der Waals surface area contributed by atoms with Gasteiger partial charge in [0, 0.05) is 13.0 Å². The highest BCUT2D eigenvalue weighted by Gasteiger charge is 2.04. The number of hydrogen-bond acceptors (Lipinski definition) is 3. The second-order valence-electron chi connectivity index (χ2n) is 5.39. The van der Waals surface area contributed by atoms with Crippen molar-refractivity contribution in [1.82, 2.24) is 5.32 Å². The topological polar surface area (TPSA) is 75.6 Å². The molecule has 0 atom stereocenters. The van der Waals surface area contributed by atoms with Gasteiger partial charge in [-0.1, -0.05) is 42.5 Å². The molecular weight excluding hydrogens is 306 g/mol. The average molecular weight is 327 g/mol. The first-order valence-electron chi connectivity index (χ1n) is 7.86. The number of benzene rings is 2. The third-order valence-electron chi connectivity index (χ3n) is 3.52. The molecule has 5 heteroatoms. The minimum atomic E-state index is -0.949. The molecule has 0 aliphatic rings. The predicted octanol–water partition coefficient (Wildman–Crippen LogP) is 2.65. The summed E-state index contributed by atoms with van der Waals surface area (Å²) in [5, 5.41) is 11.6. The van der Waals surface area contributed by atoms with Crippen molar-refractivity contribution in [2.24, 2.45) is 0 Å². The van der Waals surface area contributed by atoms with Crippen molar-refractivity contribution in [3.05, 3.63) is 71.3 Å². The summed E-state index contributed by atoms with van der Waals surface area (Å²) >= 11 is 0. The molecule has 0 bridgehead atoms. The maximum absolute atomic E-state index is 11.8. The maximum Gasteiger partial charge on any atom is 0.335 e. The van der Waals surface area contributed by atoms with E-state index in [1.165, 1.54) is 0 Å². The maximum atomic E-state index is 11.8. The third kappa shape index (κ3) is 6.22. The van der Waals surface area contributed by atoms with Crippen LogP contribution in [-0.2, 0) is 22.6 Å². The second kappa shape index (κ2) is 9.47. The minimum Gasteiger partial charge on any atom is -0.478 e. The summed E-state index contributed by atoms with van der Waals surface area (Å²) < 4.78 is 5.50. The van der Waals surface area contributed by atoms with E-state index in [2.05, 4.69) is 5.32 Å². The molecule has 2 rings (SSSR count). The molecule has 126 valence electrons. The van der Waals surface area contributed by atoms with E-state index in [-0.39, 0.29) is 11.5 Å². The van der Waals surface area contributed by atoms with Gasteiger partial charge in [-0.25, -0.2) is 4.79 Å². The molecule has 0 spiro atoms. The lowest BCUT2D eigenvalue weighted by Gasteiger charge is -2.07. The highest BCUT2D eigenvalue weighted by atomic mass is 16.5. The Balaban J connectivity index is 1.59. The van der Waals surface area contributed by atoms with Gasteiger partial charge in [-0.05, 0) is 29.7 Å². The van der Waals surface area contributed by atoms with Gasteiger partial charge in [0.15, 0.2) is 0 Å². The first-order chi connectivity index (χ1) is 11.6. The van der Waals surface area contributed by atoms with Crippen molar-refractivity contribution in [2.75, 3.05) is 13.2 Å². The minimum absolute atomic E-state index is 0.0411. The number of aryl methyl sites for hydroxylation is 1. The molecule has 1 amide bonds. The van der Waals surface area contributed by atoms with Crippen LogP contribution in [0.1, 0.15) is 27.9 Å². The van der Waals surface area contributed by atoms with E-state index >= 15 is 0 Å². The fraction of sp³-hybridized carbons (Fsp3) is 0.263. The Bertz CT molecular complexity index is 653. The zero-order valence-electron chi connectivity index (χ0n) is 13.4. The number of carboxylic acids is 1. The first kappa shape index (κ1) is 17.7. The van der Waals surface area contributed by atoms with Gasteiger partial charge in [0.1, 0.15) is 0 Å². The van der Waals surface area contributed by atoms with Crippen LogP contribution in [-0.4, -0.2) is 30.1 Å². The summed E-state index contributed by atoms with van der Waals surface area (Å²) in [7, 11) is 0. The van der Waals surface area contributed by atoms with Crippen LogP contribution in [0.25, 0.3) is 0 Å². The van der Waals surface area contributed by atoms with E-state index in [0.29, 0.717) is 32.6 Å². The quantitative estimate of drug-likeness (QED) is 0.694. The first-order valence-corrected chi connectivity index (χ1v) is 7.86. The summed E-state index contributed by atoms with van der Waals surface area (Å²) in [6.45, 7) is 1.48. The Morgan fingerprint density at radius 2 is 1.67 bits per heavy atom. The number of ether oxygens (including phenoxy) is 1. The third-order valence-corrected chi connectivity index (χ3v) is 3.52. The normalized spacial score (nSPS) is 10.3. The molecule has 0 saturated heterocycles. The number of carbonyl (C=O) groups excluding carboxylic acids is 1. The van der Waals surface area contributed by atoms with Gasteiger partial charge >= 0.3 is 5.97 Å². The molecule has 0 unspecified atom stereocenters. The molecule has 5 nitrogen and oxygen atoms in total. The number of carbonyl (C=O) groups is 2. The molecule has 0 fully saturated rings. The van der Waals surface area contributed by atoms with Crippen LogP contribution >= 0.6 is 0 Å². The van der Waals surface area contributed by atoms with Crippen molar-refractivity contribution in [2.45, 2.75) is 19.4 Å². The molecule has 2 N–H and O–H groups in total. The molecule has 0 saturated carbocycles. The standard InChI is InChI=1S/C19H21NO4/c21-18(11-8-15-6-9-17(10-7-15)19(22)23)20-12-13-24-14-16-4-2-1-3-5-16/h1-7,9-10H,8,11-14H2,(H,20,21)(H,22,23). The van der Waals surface area contributed by atoms with Crippen molar-refractivity contribution < 1.29 is 19.4 Å². The van der Waals surface area contributed by atoms with Crippen LogP contribution in [0.5, 0.6) is 0 Å². The van der Waals surface area contributed by atoms with Crippen LogP contribution in [0, 0.1) is 0 Å². The number of amides is 1. The van der Waals surface area contributed by atoms with E-state index in [4.69, 9.17) is 9.84 Å². The predicted molar refractivity (Wildman–Crippen MR) is 90.8 cm³/mol. The molecule has 0 aliphatic carbocycles. The fourth-order valence-corrected chi connectivity index (χ4v) is 2.19. The Morgan fingerprint density at radius 1 is 0.958 bits per heavy atom. The second-order valence-corrected chi connectivity index (χ2v) is 5.39. The lowest BCUT2D eigenvalue weighted by molar-refractivity contribution is -0.121. The fourth-order valence-electron chi connectivity index (χ4n) is 2.19. The van der Waals surface area contributed by atoms with Crippen molar-refractivity contribution in [1.29, 1.82) is 0 Å². The van der Waals surface area contributed by atoms with Gasteiger partial charge in [-0.3, -0.25) is 4.79 Å². The number of nitrogens with one attached hydrogen (secondary N) is 1. The summed E-state index contributed by atoms with van der Waals surface area (Å²) in [5.74, 6) is -0.990. The molecular formula is C19H21NO4. The average Bonchev–Trinajstić information content (AvgIpc) is 2.61. The van der Waals surface area contributed by atoms with Gasteiger partial charge in [0.05, 0.1) is 18.8 Å². The summed E-state index contributed by atoms with van der Waals surface area (Å²) in [4.78, 5) is 22.5. The lowest BCUT2D eigenvalue weighted by atomic mass is 10.1. The van der Waals surface area contributed by atoms with Gasteiger partial charge in [0.25, 0.3) is 0 Å². The van der Waals surface area contributed by atoms with Crippen molar-refractivity contribution >= 4 is 11.9 Å². The lowest BCUT2D eigenvalue weighted by Crippen LogP contribution is -2.27. The summed E-state index contributed by atoms with van der Waals surface area (Å²) in [6, 6.07) is 16.4. The van der Waals surface area contributed by atoms with Crippen molar-refractivity contribution in [3.63, 3.8) is 0 Å². The Kier molecular flexibility index (Phi) is 6.98. The zero-order valence-corrected chi connectivity index (χ0v) is 13.4. The summed E-state index contributed by atoms with van der Waals surface area (Å²) in [5.41, 5.74) is 2.29. The van der Waals surface area contributed by atoms with E-state index in [9.17, 15) is 9.59 Å². The smallest absolute Gasteiger partial charge is 0.335 e. The number of carboxylic acid groups (broad SMARTS) is 1. The Morgan fingerprint density at radius 3 is 2.33 bits per heavy atom. The molecule has 0 radical (unpaired) electrons. The highest BCUT2D eigenvalue weighted by molar-refractivity contribution is 5.87. The van der Waals surface area contributed by atoms with Crippen LogP contribution in [0.15, 0.2) is 54.6 Å². The molecule has 0 heterocycles. The van der Waals surface area contributed by atoms with Crippen LogP contribution in [0.3, 0.4) is 0 Å². The molecule has 2 aromatic rings. The summed E-state index contributed by atoms with van der Waals surface area (Å²) in [6.07, 6.45) is 0.946. The SMILES string of the molecule is O=C(CCc1ccc(C(=O)O)cc1)NCCOCc1ccccc1. The monoisotopic (exact) mass is 327 g/mol. The molecule has 24 heavy (non-hydrogen) atoms. The number of aromatic carboxylic acids is 1. The van der Waals surface area contributed by atoms with Crippen LogP contribution < -0.4 is 5.32 Å². The van der Waals surface area contributed by atoms with Gasteiger partial charge in [-0.15, -0.1) is 0 Å². The van der Waals surface area contributed by atoms with E-state index < -0.39 is 5.97 Å². The van der Waals surface area contributed by atoms with E-state index in [1.54, 1.807) is 24.3 Å². The largest absolute Gasteiger partial charge is 0.478 e. The van der Waals surface area contributed by atoms with Gasteiger partial charge in [-0.2, -0.15) is 0 Å². The van der Waals surface area contributed by atoms with Crippen molar-refractivity contribution in [3.8, 4) is 0 Å². The molecule has 0 aromatic heterocycles. The number of rotatable bonds is 9. The van der Waals surface area contributed by atoms with Crippen LogP contribution in [0.4, 0.5) is 0 Å². The molecule has 2 aromatic carbocycles. The van der Waals surface area contributed by atoms with Gasteiger partial charge < -0.3 is 15.2 Å². The van der Waals surface area contributed by atoms with Gasteiger partial charge in [0.2, 0.25) is 5.91 Å². The zero-order chi connectivity index (χ0) is 17.2. The van der Waals surface area contributed by atoms with Crippen LogP contribution in [0.2, 0.25) is 0 Å². The Hall–Kier alpha value is -2.66. The molecule has 0 aliphatic heterocycles.